The van der Waals surface area contributed by atoms with Gasteiger partial charge in [-0.2, -0.15) is 0 Å². The minimum Gasteiger partial charge on any atom is -0.507 e. The first kappa shape index (κ1) is 22.9. The number of aliphatic hydroxyl groups excluding tert-OH is 1. The van der Waals surface area contributed by atoms with Crippen LogP contribution in [-0.4, -0.2) is 36.0 Å². The molecule has 0 radical (unpaired) electrons. The van der Waals surface area contributed by atoms with Crippen molar-refractivity contribution in [1.82, 2.24) is 4.98 Å². The van der Waals surface area contributed by atoms with Crippen LogP contribution in [0, 0.1) is 0 Å². The Morgan fingerprint density at radius 3 is 2.46 bits per heavy atom. The molecule has 5 rings (SSSR count). The number of nitrogens with zero attached hydrogens (tertiary/aromatic N) is 2. The summed E-state index contributed by atoms with van der Waals surface area (Å²) in [7, 11) is 3.01. The van der Waals surface area contributed by atoms with Crippen molar-refractivity contribution in [3.8, 4) is 11.5 Å². The highest BCUT2D eigenvalue weighted by molar-refractivity contribution is 7.22. The molecular formula is C26H19ClN2O5S. The highest BCUT2D eigenvalue weighted by Gasteiger charge is 2.49. The van der Waals surface area contributed by atoms with E-state index in [0.29, 0.717) is 38.3 Å². The number of hydrogen-bond acceptors (Lipinski definition) is 7. The molecular weight excluding hydrogens is 488 g/mol. The summed E-state index contributed by atoms with van der Waals surface area (Å²) < 4.78 is 11.8. The minimum absolute atomic E-state index is 0.0804. The lowest BCUT2D eigenvalue weighted by molar-refractivity contribution is -0.132. The summed E-state index contributed by atoms with van der Waals surface area (Å²) >= 11 is 7.28. The summed E-state index contributed by atoms with van der Waals surface area (Å²) in [5, 5.41) is 12.1. The van der Waals surface area contributed by atoms with E-state index < -0.39 is 17.7 Å². The molecule has 1 amide bonds. The lowest BCUT2D eigenvalue weighted by Gasteiger charge is -2.25. The predicted molar refractivity (Wildman–Crippen MR) is 135 cm³/mol. The Labute approximate surface area is 209 Å². The van der Waals surface area contributed by atoms with Gasteiger partial charge in [-0.15, -0.1) is 0 Å². The third-order valence-corrected chi connectivity index (χ3v) is 7.07. The molecule has 1 atom stereocenters. The molecule has 0 unspecified atom stereocenters. The highest BCUT2D eigenvalue weighted by atomic mass is 35.5. The Balaban J connectivity index is 1.78. The molecule has 2 heterocycles. The zero-order chi connectivity index (χ0) is 24.7. The van der Waals surface area contributed by atoms with Crippen LogP contribution in [0.5, 0.6) is 11.5 Å². The number of amides is 1. The van der Waals surface area contributed by atoms with Crippen molar-refractivity contribution in [2.75, 3.05) is 19.1 Å². The number of rotatable bonds is 5. The molecule has 1 N–H and O–H groups in total. The number of aromatic nitrogens is 1. The molecule has 0 aliphatic carbocycles. The summed E-state index contributed by atoms with van der Waals surface area (Å²) in [6.07, 6.45) is 0. The fourth-order valence-electron chi connectivity index (χ4n) is 4.10. The number of thiazole rings is 1. The first-order chi connectivity index (χ1) is 16.9. The Hall–Kier alpha value is -3.88. The maximum Gasteiger partial charge on any atom is 0.301 e. The smallest absolute Gasteiger partial charge is 0.301 e. The molecule has 3 aromatic carbocycles. The summed E-state index contributed by atoms with van der Waals surface area (Å²) in [6, 6.07) is 17.9. The van der Waals surface area contributed by atoms with E-state index in [1.54, 1.807) is 42.5 Å². The van der Waals surface area contributed by atoms with E-state index in [1.807, 2.05) is 24.3 Å². The molecule has 4 aromatic rings. The maximum absolute atomic E-state index is 13.4. The van der Waals surface area contributed by atoms with Crippen molar-refractivity contribution >= 4 is 55.7 Å². The Morgan fingerprint density at radius 2 is 1.77 bits per heavy atom. The van der Waals surface area contributed by atoms with Gasteiger partial charge in [0, 0.05) is 16.1 Å². The quantitative estimate of drug-likeness (QED) is 0.215. The first-order valence-electron chi connectivity index (χ1n) is 10.6. The fraction of sp³-hybridized carbons (Fsp3) is 0.115. The predicted octanol–water partition coefficient (Wildman–Crippen LogP) is 5.59. The molecule has 35 heavy (non-hydrogen) atoms. The number of fused-ring (bicyclic) bond motifs is 1. The summed E-state index contributed by atoms with van der Waals surface area (Å²) in [5.74, 6) is -1.02. The number of methoxy groups -OCH3 is 2. The molecule has 0 spiro atoms. The van der Waals surface area contributed by atoms with Gasteiger partial charge in [-0.05, 0) is 54.6 Å². The van der Waals surface area contributed by atoms with E-state index in [2.05, 4.69) is 4.98 Å². The van der Waals surface area contributed by atoms with Gasteiger partial charge in [-0.25, -0.2) is 4.98 Å². The van der Waals surface area contributed by atoms with Gasteiger partial charge in [-0.1, -0.05) is 35.1 Å². The molecule has 1 aliphatic heterocycles. The summed E-state index contributed by atoms with van der Waals surface area (Å²) in [5.41, 5.74) is 1.44. The lowest BCUT2D eigenvalue weighted by atomic mass is 9.94. The average molecular weight is 507 g/mol. The fourth-order valence-corrected chi connectivity index (χ4v) is 5.22. The average Bonchev–Trinajstić information content (AvgIpc) is 3.42. The molecule has 176 valence electrons. The minimum atomic E-state index is -1.00. The van der Waals surface area contributed by atoms with Gasteiger partial charge < -0.3 is 14.6 Å². The summed E-state index contributed by atoms with van der Waals surface area (Å²) in [4.78, 5) is 32.7. The second-order valence-electron chi connectivity index (χ2n) is 7.75. The third kappa shape index (κ3) is 3.90. The van der Waals surface area contributed by atoms with Crippen LogP contribution in [0.3, 0.4) is 0 Å². The zero-order valence-corrected chi connectivity index (χ0v) is 20.3. The second-order valence-corrected chi connectivity index (χ2v) is 9.19. The van der Waals surface area contributed by atoms with Crippen molar-refractivity contribution in [3.05, 3.63) is 88.5 Å². The van der Waals surface area contributed by atoms with Crippen LogP contribution in [-0.2, 0) is 9.59 Å². The number of benzene rings is 3. The molecule has 0 saturated carbocycles. The summed E-state index contributed by atoms with van der Waals surface area (Å²) in [6.45, 7) is 0. The molecule has 1 aromatic heterocycles. The van der Waals surface area contributed by atoms with E-state index >= 15 is 0 Å². The van der Waals surface area contributed by atoms with Gasteiger partial charge in [0.1, 0.15) is 23.3 Å². The molecule has 1 fully saturated rings. The topological polar surface area (TPSA) is 89.0 Å². The van der Waals surface area contributed by atoms with Gasteiger partial charge in [0.25, 0.3) is 5.78 Å². The molecule has 7 nitrogen and oxygen atoms in total. The monoisotopic (exact) mass is 506 g/mol. The number of para-hydroxylation sites is 1. The van der Waals surface area contributed by atoms with Crippen molar-refractivity contribution in [2.24, 2.45) is 0 Å². The number of ether oxygens (including phenoxy) is 2. The second kappa shape index (κ2) is 9.05. The number of ketones is 1. The molecule has 1 aliphatic rings. The molecule has 1 saturated heterocycles. The van der Waals surface area contributed by atoms with Crippen LogP contribution in [0.25, 0.3) is 16.0 Å². The Kier molecular flexibility index (Phi) is 5.92. The number of carbonyl (C=O) groups is 2. The number of hydrogen-bond donors (Lipinski definition) is 1. The van der Waals surface area contributed by atoms with Gasteiger partial charge in [0.2, 0.25) is 0 Å². The standard InChI is InChI=1S/C26H19ClN2O5S/c1-33-16-11-12-19(34-2)17(13-16)22-21(23(30)14-7-9-15(27)10-8-14)24(31)25(32)29(22)26-28-18-5-3-4-6-20(18)35-26/h3-13,22,30H,1-2H3/t22-/m0/s1. The number of carbonyl (C=O) groups excluding carboxylic acids is 2. The first-order valence-corrected chi connectivity index (χ1v) is 11.8. The molecule has 9 heteroatoms. The number of Topliss-reactive ketones (excluding diaryl/α,β-unsaturated/α-hetero) is 1. The van der Waals surface area contributed by atoms with Crippen LogP contribution in [0.2, 0.25) is 5.02 Å². The van der Waals surface area contributed by atoms with E-state index in [4.69, 9.17) is 21.1 Å². The number of aliphatic hydroxyl groups is 1. The highest BCUT2D eigenvalue weighted by Crippen LogP contribution is 2.47. The lowest BCUT2D eigenvalue weighted by Crippen LogP contribution is -2.29. The largest absolute Gasteiger partial charge is 0.507 e. The van der Waals surface area contributed by atoms with Crippen LogP contribution in [0.15, 0.2) is 72.3 Å². The van der Waals surface area contributed by atoms with Crippen molar-refractivity contribution < 1.29 is 24.2 Å². The zero-order valence-electron chi connectivity index (χ0n) is 18.7. The van der Waals surface area contributed by atoms with Crippen molar-refractivity contribution in [2.45, 2.75) is 6.04 Å². The van der Waals surface area contributed by atoms with Crippen LogP contribution in [0.4, 0.5) is 5.13 Å². The normalized spacial score (nSPS) is 17.2. The van der Waals surface area contributed by atoms with Crippen LogP contribution in [0.1, 0.15) is 17.2 Å². The Morgan fingerprint density at radius 1 is 1.03 bits per heavy atom. The van der Waals surface area contributed by atoms with Crippen LogP contribution >= 0.6 is 22.9 Å². The SMILES string of the molecule is COc1ccc(OC)c([C@H]2C(=C(O)c3ccc(Cl)cc3)C(=O)C(=O)N2c2nc3ccccc3s2)c1. The maximum atomic E-state index is 13.4. The van der Waals surface area contributed by atoms with Gasteiger partial charge in [0.15, 0.2) is 5.13 Å². The number of anilines is 1. The van der Waals surface area contributed by atoms with E-state index in [-0.39, 0.29) is 11.3 Å². The van der Waals surface area contributed by atoms with Gasteiger partial charge >= 0.3 is 5.91 Å². The van der Waals surface area contributed by atoms with Gasteiger partial charge in [-0.3, -0.25) is 14.5 Å². The molecule has 0 bridgehead atoms. The van der Waals surface area contributed by atoms with E-state index in [1.165, 1.54) is 30.5 Å². The van der Waals surface area contributed by atoms with Crippen molar-refractivity contribution in [1.29, 1.82) is 0 Å². The Bertz CT molecular complexity index is 1460. The van der Waals surface area contributed by atoms with E-state index in [9.17, 15) is 14.7 Å². The van der Waals surface area contributed by atoms with Crippen molar-refractivity contribution in [3.63, 3.8) is 0 Å². The van der Waals surface area contributed by atoms with E-state index in [0.717, 1.165) is 4.70 Å². The van der Waals surface area contributed by atoms with Crippen LogP contribution < -0.4 is 14.4 Å². The third-order valence-electron chi connectivity index (χ3n) is 5.78. The van der Waals surface area contributed by atoms with Gasteiger partial charge in [0.05, 0.1) is 30.0 Å². The number of halogens is 1.